The van der Waals surface area contributed by atoms with Gasteiger partial charge in [-0.05, 0) is 24.5 Å². The highest BCUT2D eigenvalue weighted by Gasteiger charge is 2.48. The molecular weight excluding hydrogens is 242 g/mol. The van der Waals surface area contributed by atoms with Gasteiger partial charge in [-0.2, -0.15) is 0 Å². The van der Waals surface area contributed by atoms with Crippen LogP contribution in [0.2, 0.25) is 0 Å². The van der Waals surface area contributed by atoms with E-state index in [0.717, 1.165) is 0 Å². The van der Waals surface area contributed by atoms with Gasteiger partial charge in [-0.25, -0.2) is 8.78 Å². The first-order valence-electron chi connectivity index (χ1n) is 5.68. The zero-order chi connectivity index (χ0) is 13.3. The lowest BCUT2D eigenvalue weighted by Gasteiger charge is -2.16. The fourth-order valence-electron chi connectivity index (χ4n) is 2.27. The van der Waals surface area contributed by atoms with Crippen molar-refractivity contribution in [2.24, 2.45) is 0 Å². The first-order valence-corrected chi connectivity index (χ1v) is 5.68. The lowest BCUT2D eigenvalue weighted by molar-refractivity contribution is -0.137. The van der Waals surface area contributed by atoms with Crippen LogP contribution in [0.4, 0.5) is 8.78 Å². The summed E-state index contributed by atoms with van der Waals surface area (Å²) in [7, 11) is 1.36. The molecular formula is C13H14F2O3. The van der Waals surface area contributed by atoms with Crippen molar-refractivity contribution >= 4 is 5.97 Å². The molecule has 98 valence electrons. The molecule has 1 aliphatic carbocycles. The van der Waals surface area contributed by atoms with Crippen molar-refractivity contribution in [3.05, 3.63) is 34.9 Å². The summed E-state index contributed by atoms with van der Waals surface area (Å²) in [5.74, 6) is -2.30. The summed E-state index contributed by atoms with van der Waals surface area (Å²) in [6.45, 7) is -0.158. The second kappa shape index (κ2) is 4.65. The summed E-state index contributed by atoms with van der Waals surface area (Å²) in [5.41, 5.74) is -0.503. The minimum atomic E-state index is -0.968. The first kappa shape index (κ1) is 13.0. The molecule has 1 fully saturated rings. The van der Waals surface area contributed by atoms with Gasteiger partial charge in [0.2, 0.25) is 0 Å². The van der Waals surface area contributed by atoms with Crippen LogP contribution in [0.25, 0.3) is 0 Å². The molecule has 1 aromatic rings. The fourth-order valence-corrected chi connectivity index (χ4v) is 2.27. The summed E-state index contributed by atoms with van der Waals surface area (Å²) in [6.07, 6.45) is 1.12. The second-order valence-electron chi connectivity index (χ2n) is 4.67. The van der Waals surface area contributed by atoms with Gasteiger partial charge in [0.25, 0.3) is 0 Å². The summed E-state index contributed by atoms with van der Waals surface area (Å²) in [6, 6.07) is 2.52. The molecule has 1 aliphatic rings. The molecule has 1 saturated carbocycles. The average Bonchev–Trinajstić information content (AvgIpc) is 3.03. The number of carboxylic acids is 1. The van der Waals surface area contributed by atoms with Crippen molar-refractivity contribution in [1.82, 2.24) is 0 Å². The molecule has 1 aromatic carbocycles. The number of benzene rings is 1. The van der Waals surface area contributed by atoms with E-state index in [1.807, 2.05) is 0 Å². The van der Waals surface area contributed by atoms with Crippen molar-refractivity contribution in [2.75, 3.05) is 7.11 Å². The minimum Gasteiger partial charge on any atom is -0.481 e. The van der Waals surface area contributed by atoms with E-state index < -0.39 is 23.0 Å². The number of rotatable bonds is 5. The zero-order valence-corrected chi connectivity index (χ0v) is 10.0. The Hall–Kier alpha value is -1.49. The van der Waals surface area contributed by atoms with E-state index in [4.69, 9.17) is 9.84 Å². The van der Waals surface area contributed by atoms with Crippen LogP contribution in [0, 0.1) is 11.6 Å². The maximum Gasteiger partial charge on any atom is 0.304 e. The van der Waals surface area contributed by atoms with E-state index in [0.29, 0.717) is 18.4 Å². The minimum absolute atomic E-state index is 0.123. The lowest BCUT2D eigenvalue weighted by Crippen LogP contribution is -2.16. The van der Waals surface area contributed by atoms with E-state index in [2.05, 4.69) is 0 Å². The fraction of sp³-hybridized carbons (Fsp3) is 0.462. The SMILES string of the molecule is COCc1c(F)ccc(C2(CC(=O)O)CC2)c1F. The van der Waals surface area contributed by atoms with Gasteiger partial charge in [0.15, 0.2) is 0 Å². The molecule has 0 amide bonds. The largest absolute Gasteiger partial charge is 0.481 e. The van der Waals surface area contributed by atoms with E-state index in [1.54, 1.807) is 0 Å². The summed E-state index contributed by atoms with van der Waals surface area (Å²) < 4.78 is 32.4. The summed E-state index contributed by atoms with van der Waals surface area (Å²) >= 11 is 0. The molecule has 3 nitrogen and oxygen atoms in total. The van der Waals surface area contributed by atoms with Gasteiger partial charge in [0.05, 0.1) is 13.0 Å². The van der Waals surface area contributed by atoms with Gasteiger partial charge in [0, 0.05) is 18.1 Å². The highest BCUT2D eigenvalue weighted by atomic mass is 19.1. The molecule has 0 bridgehead atoms. The normalized spacial score (nSPS) is 16.6. The maximum atomic E-state index is 14.2. The Morgan fingerprint density at radius 3 is 2.61 bits per heavy atom. The Morgan fingerprint density at radius 1 is 1.44 bits per heavy atom. The molecule has 0 spiro atoms. The molecule has 2 rings (SSSR count). The lowest BCUT2D eigenvalue weighted by atomic mass is 9.90. The Bertz CT molecular complexity index is 481. The predicted octanol–water partition coefficient (Wildman–Crippen LogP) is 2.62. The highest BCUT2D eigenvalue weighted by Crippen LogP contribution is 2.52. The van der Waals surface area contributed by atoms with Gasteiger partial charge < -0.3 is 9.84 Å². The molecule has 0 aliphatic heterocycles. The number of ether oxygens (including phenoxy) is 1. The molecule has 0 saturated heterocycles. The number of carboxylic acid groups (broad SMARTS) is 1. The molecule has 0 unspecified atom stereocenters. The van der Waals surface area contributed by atoms with Crippen LogP contribution in [0.15, 0.2) is 12.1 Å². The molecule has 0 aromatic heterocycles. The number of carbonyl (C=O) groups is 1. The Balaban J connectivity index is 2.40. The van der Waals surface area contributed by atoms with E-state index in [9.17, 15) is 13.6 Å². The first-order chi connectivity index (χ1) is 8.50. The van der Waals surface area contributed by atoms with E-state index in [1.165, 1.54) is 19.2 Å². The van der Waals surface area contributed by atoms with Crippen LogP contribution in [0.3, 0.4) is 0 Å². The smallest absolute Gasteiger partial charge is 0.304 e. The van der Waals surface area contributed by atoms with Crippen LogP contribution in [0.1, 0.15) is 30.4 Å². The molecule has 1 N–H and O–H groups in total. The Kier molecular flexibility index (Phi) is 3.34. The average molecular weight is 256 g/mol. The summed E-state index contributed by atoms with van der Waals surface area (Å²) in [5, 5.41) is 8.85. The molecule has 0 atom stereocenters. The highest BCUT2D eigenvalue weighted by molar-refractivity contribution is 5.70. The van der Waals surface area contributed by atoms with Crippen LogP contribution in [-0.2, 0) is 21.6 Å². The Labute approximate surface area is 103 Å². The van der Waals surface area contributed by atoms with Gasteiger partial charge in [-0.3, -0.25) is 4.79 Å². The van der Waals surface area contributed by atoms with Crippen molar-refractivity contribution in [1.29, 1.82) is 0 Å². The monoisotopic (exact) mass is 256 g/mol. The number of hydrogen-bond acceptors (Lipinski definition) is 2. The standard InChI is InChI=1S/C13H14F2O3/c1-18-7-8-10(14)3-2-9(12(8)15)13(4-5-13)6-11(16)17/h2-3H,4-7H2,1H3,(H,16,17). The predicted molar refractivity (Wildman–Crippen MR) is 60.2 cm³/mol. The third kappa shape index (κ3) is 2.22. The van der Waals surface area contributed by atoms with E-state index >= 15 is 0 Å². The third-order valence-corrected chi connectivity index (χ3v) is 3.39. The van der Waals surface area contributed by atoms with Crippen LogP contribution < -0.4 is 0 Å². The topological polar surface area (TPSA) is 46.5 Å². The number of halogens is 2. The van der Waals surface area contributed by atoms with Crippen LogP contribution in [0.5, 0.6) is 0 Å². The van der Waals surface area contributed by atoms with Gasteiger partial charge >= 0.3 is 5.97 Å². The van der Waals surface area contributed by atoms with Crippen molar-refractivity contribution < 1.29 is 23.4 Å². The van der Waals surface area contributed by atoms with Gasteiger partial charge in [0.1, 0.15) is 11.6 Å². The van der Waals surface area contributed by atoms with Gasteiger partial charge in [-0.1, -0.05) is 6.07 Å². The van der Waals surface area contributed by atoms with Crippen LogP contribution >= 0.6 is 0 Å². The van der Waals surface area contributed by atoms with E-state index in [-0.39, 0.29) is 18.6 Å². The molecule has 0 radical (unpaired) electrons. The zero-order valence-electron chi connectivity index (χ0n) is 10.0. The number of methoxy groups -OCH3 is 1. The molecule has 5 heteroatoms. The van der Waals surface area contributed by atoms with Gasteiger partial charge in [-0.15, -0.1) is 0 Å². The van der Waals surface area contributed by atoms with Crippen molar-refractivity contribution in [3.63, 3.8) is 0 Å². The molecule has 0 heterocycles. The third-order valence-electron chi connectivity index (χ3n) is 3.39. The molecule has 18 heavy (non-hydrogen) atoms. The number of hydrogen-bond donors (Lipinski definition) is 1. The summed E-state index contributed by atoms with van der Waals surface area (Å²) in [4.78, 5) is 10.8. The van der Waals surface area contributed by atoms with Crippen molar-refractivity contribution in [2.45, 2.75) is 31.3 Å². The van der Waals surface area contributed by atoms with Crippen LogP contribution in [-0.4, -0.2) is 18.2 Å². The number of aliphatic carboxylic acids is 1. The quantitative estimate of drug-likeness (QED) is 0.880. The maximum absolute atomic E-state index is 14.2. The second-order valence-corrected chi connectivity index (χ2v) is 4.67. The Morgan fingerprint density at radius 2 is 2.11 bits per heavy atom. The van der Waals surface area contributed by atoms with Crippen molar-refractivity contribution in [3.8, 4) is 0 Å².